The van der Waals surface area contributed by atoms with E-state index in [2.05, 4.69) is 16.6 Å². The van der Waals surface area contributed by atoms with Crippen LogP contribution in [-0.4, -0.2) is 46.9 Å². The first-order valence-electron chi connectivity index (χ1n) is 12.4. The lowest BCUT2D eigenvalue weighted by Gasteiger charge is -2.34. The molecule has 4 N–H and O–H groups in total. The van der Waals surface area contributed by atoms with Gasteiger partial charge in [-0.15, -0.1) is 6.42 Å². The van der Waals surface area contributed by atoms with Gasteiger partial charge >= 0.3 is 6.09 Å². The zero-order valence-electron chi connectivity index (χ0n) is 22.3. The van der Waals surface area contributed by atoms with Gasteiger partial charge in [-0.1, -0.05) is 54.5 Å². The van der Waals surface area contributed by atoms with Crippen molar-refractivity contribution in [1.29, 1.82) is 0 Å². The molecule has 0 heterocycles. The molecular formula is C29H36N4O5. The summed E-state index contributed by atoms with van der Waals surface area (Å²) in [6.45, 7) is 7.14. The van der Waals surface area contributed by atoms with Crippen LogP contribution in [0.25, 0.3) is 0 Å². The van der Waals surface area contributed by atoms with Crippen molar-refractivity contribution < 1.29 is 23.9 Å². The fourth-order valence-corrected chi connectivity index (χ4v) is 3.86. The van der Waals surface area contributed by atoms with Gasteiger partial charge in [0, 0.05) is 25.1 Å². The maximum atomic E-state index is 13.9. The number of carbonyl (C=O) groups is 4. The molecule has 38 heavy (non-hydrogen) atoms. The molecule has 9 heteroatoms. The smallest absolute Gasteiger partial charge is 0.408 e. The van der Waals surface area contributed by atoms with Crippen LogP contribution in [0.2, 0.25) is 0 Å². The Kier molecular flexibility index (Phi) is 10.9. The van der Waals surface area contributed by atoms with Gasteiger partial charge in [-0.25, -0.2) is 4.79 Å². The summed E-state index contributed by atoms with van der Waals surface area (Å²) in [5.74, 6) is 0.924. The summed E-state index contributed by atoms with van der Waals surface area (Å²) in [5, 5.41) is 5.43. The van der Waals surface area contributed by atoms with Gasteiger partial charge in [0.05, 0.1) is 0 Å². The first-order chi connectivity index (χ1) is 18.0. The summed E-state index contributed by atoms with van der Waals surface area (Å²) in [4.78, 5) is 52.9. The lowest BCUT2D eigenvalue weighted by atomic mass is 9.97. The number of primary amides is 1. The van der Waals surface area contributed by atoms with Crippen molar-refractivity contribution in [1.82, 2.24) is 15.5 Å². The van der Waals surface area contributed by atoms with Crippen LogP contribution in [-0.2, 0) is 25.7 Å². The Morgan fingerprint density at radius 1 is 1.05 bits per heavy atom. The highest BCUT2D eigenvalue weighted by Crippen LogP contribution is 2.26. The topological polar surface area (TPSA) is 131 Å². The molecule has 0 radical (unpaired) electrons. The number of carbonyl (C=O) groups excluding carboxylic acids is 4. The number of likely N-dealkylation sites (N-methyl/N-ethyl adjacent to an activating group) is 1. The molecule has 4 amide bonds. The zero-order valence-corrected chi connectivity index (χ0v) is 22.3. The van der Waals surface area contributed by atoms with Crippen LogP contribution < -0.4 is 16.4 Å². The van der Waals surface area contributed by atoms with E-state index >= 15 is 0 Å². The molecule has 0 fully saturated rings. The third-order valence-corrected chi connectivity index (χ3v) is 5.57. The van der Waals surface area contributed by atoms with Crippen molar-refractivity contribution >= 4 is 23.8 Å². The van der Waals surface area contributed by atoms with Crippen LogP contribution in [0.3, 0.4) is 0 Å². The Balaban J connectivity index is 2.44. The molecule has 0 aliphatic heterocycles. The van der Waals surface area contributed by atoms with Gasteiger partial charge in [0.15, 0.2) is 0 Å². The fraction of sp³-hybridized carbons (Fsp3) is 0.379. The predicted octanol–water partition coefficient (Wildman–Crippen LogP) is 3.03. The number of nitrogens with one attached hydrogen (secondary N) is 2. The summed E-state index contributed by atoms with van der Waals surface area (Å²) >= 11 is 0. The van der Waals surface area contributed by atoms with Gasteiger partial charge in [0.2, 0.25) is 17.7 Å². The molecule has 2 rings (SSSR count). The van der Waals surface area contributed by atoms with Gasteiger partial charge in [0.1, 0.15) is 17.7 Å². The molecule has 0 saturated heterocycles. The lowest BCUT2D eigenvalue weighted by molar-refractivity contribution is -0.142. The van der Waals surface area contributed by atoms with Gasteiger partial charge < -0.3 is 26.0 Å². The van der Waals surface area contributed by atoms with Gasteiger partial charge in [0.25, 0.3) is 0 Å². The van der Waals surface area contributed by atoms with Crippen LogP contribution in [0.1, 0.15) is 63.3 Å². The minimum atomic E-state index is -1.17. The molecule has 202 valence electrons. The Morgan fingerprint density at radius 2 is 1.68 bits per heavy atom. The first kappa shape index (κ1) is 29.9. The molecule has 0 aliphatic rings. The van der Waals surface area contributed by atoms with Crippen molar-refractivity contribution in [2.75, 3.05) is 6.54 Å². The number of terminal acetylenes is 1. The minimum Gasteiger partial charge on any atom is -0.444 e. The molecule has 2 aromatic rings. The van der Waals surface area contributed by atoms with E-state index in [-0.39, 0.29) is 25.9 Å². The minimum absolute atomic E-state index is 0.0704. The molecule has 0 bridgehead atoms. The van der Waals surface area contributed by atoms with Crippen molar-refractivity contribution in [2.45, 2.75) is 64.8 Å². The molecule has 0 aliphatic carbocycles. The largest absolute Gasteiger partial charge is 0.444 e. The number of rotatable bonds is 11. The summed E-state index contributed by atoms with van der Waals surface area (Å²) in [5.41, 5.74) is 6.30. The Labute approximate surface area is 224 Å². The summed E-state index contributed by atoms with van der Waals surface area (Å²) in [7, 11) is 0. The average molecular weight is 521 g/mol. The number of hydrogen-bond donors (Lipinski definition) is 3. The van der Waals surface area contributed by atoms with E-state index in [0.717, 1.165) is 5.56 Å². The maximum Gasteiger partial charge on any atom is 0.408 e. The predicted molar refractivity (Wildman–Crippen MR) is 144 cm³/mol. The Hall–Kier alpha value is -4.32. The van der Waals surface area contributed by atoms with E-state index in [1.165, 1.54) is 4.90 Å². The molecular weight excluding hydrogens is 484 g/mol. The summed E-state index contributed by atoms with van der Waals surface area (Å²) in [6.07, 6.45) is 4.67. The Bertz CT molecular complexity index is 1170. The second-order valence-corrected chi connectivity index (χ2v) is 9.67. The van der Waals surface area contributed by atoms with Crippen molar-refractivity contribution in [3.8, 4) is 12.3 Å². The van der Waals surface area contributed by atoms with Crippen LogP contribution in [0, 0.1) is 12.3 Å². The second-order valence-electron chi connectivity index (χ2n) is 9.67. The highest BCUT2D eigenvalue weighted by Gasteiger charge is 2.36. The van der Waals surface area contributed by atoms with Crippen molar-refractivity contribution in [2.24, 2.45) is 5.73 Å². The van der Waals surface area contributed by atoms with Crippen molar-refractivity contribution in [3.63, 3.8) is 0 Å². The van der Waals surface area contributed by atoms with Crippen LogP contribution in [0.4, 0.5) is 4.79 Å². The number of amides is 4. The monoisotopic (exact) mass is 520 g/mol. The standard InChI is InChI=1S/C29H36N4O5/c1-6-21-15-11-12-16-22(21)25(26(35)31-19-20-13-9-8-10-14-20)33(7-2)27(36)23(17-18-24(30)34)32-28(37)38-29(3,4)5/h1,8-16,23,25H,7,17-19H2,2-5H3,(H2,30,34)(H,31,35)(H,32,37). The average Bonchev–Trinajstić information content (AvgIpc) is 2.87. The van der Waals surface area contributed by atoms with Crippen LogP contribution in [0.5, 0.6) is 0 Å². The number of ether oxygens (including phenoxy) is 1. The highest BCUT2D eigenvalue weighted by atomic mass is 16.6. The van der Waals surface area contributed by atoms with E-state index in [1.807, 2.05) is 30.3 Å². The number of alkyl carbamates (subject to hydrolysis) is 1. The SMILES string of the molecule is C#Cc1ccccc1C(C(=O)NCc1ccccc1)N(CC)C(=O)C(CCC(N)=O)NC(=O)OC(C)(C)C. The van der Waals surface area contributed by atoms with E-state index in [0.29, 0.717) is 11.1 Å². The molecule has 2 unspecified atom stereocenters. The molecule has 2 atom stereocenters. The molecule has 0 saturated carbocycles. The molecule has 2 aromatic carbocycles. The van der Waals surface area contributed by atoms with Gasteiger partial charge in [-0.05, 0) is 51.3 Å². The van der Waals surface area contributed by atoms with Crippen molar-refractivity contribution in [3.05, 3.63) is 71.3 Å². The molecule has 0 spiro atoms. The Morgan fingerprint density at radius 3 is 2.26 bits per heavy atom. The highest BCUT2D eigenvalue weighted by molar-refractivity contribution is 5.92. The van der Waals surface area contributed by atoms with E-state index in [1.54, 1.807) is 52.0 Å². The summed E-state index contributed by atoms with van der Waals surface area (Å²) in [6, 6.07) is 13.9. The first-order valence-corrected chi connectivity index (χ1v) is 12.4. The lowest BCUT2D eigenvalue weighted by Crippen LogP contribution is -2.53. The van der Waals surface area contributed by atoms with Crippen LogP contribution >= 0.6 is 0 Å². The fourth-order valence-electron chi connectivity index (χ4n) is 3.86. The zero-order chi connectivity index (χ0) is 28.3. The number of hydrogen-bond acceptors (Lipinski definition) is 5. The van der Waals surface area contributed by atoms with E-state index in [9.17, 15) is 19.2 Å². The van der Waals surface area contributed by atoms with E-state index < -0.39 is 41.5 Å². The normalized spacial score (nSPS) is 12.4. The molecule has 0 aromatic heterocycles. The second kappa shape index (κ2) is 13.8. The van der Waals surface area contributed by atoms with Gasteiger partial charge in [-0.2, -0.15) is 0 Å². The third-order valence-electron chi connectivity index (χ3n) is 5.57. The maximum absolute atomic E-state index is 13.9. The van der Waals surface area contributed by atoms with Crippen LogP contribution in [0.15, 0.2) is 54.6 Å². The number of nitrogens with two attached hydrogens (primary N) is 1. The van der Waals surface area contributed by atoms with Gasteiger partial charge in [-0.3, -0.25) is 14.4 Å². The van der Waals surface area contributed by atoms with E-state index in [4.69, 9.17) is 16.9 Å². The number of benzene rings is 2. The quantitative estimate of drug-likeness (QED) is 0.392. The molecule has 9 nitrogen and oxygen atoms in total. The third kappa shape index (κ3) is 8.96. The summed E-state index contributed by atoms with van der Waals surface area (Å²) < 4.78 is 5.31. The number of nitrogens with zero attached hydrogens (tertiary/aromatic N) is 1.